The van der Waals surface area contributed by atoms with Crippen molar-refractivity contribution in [2.24, 2.45) is 0 Å². The maximum Gasteiger partial charge on any atom is 0.255 e. The number of aromatic nitrogens is 4. The third kappa shape index (κ3) is 2.87. The normalized spacial score (nSPS) is 10.9. The van der Waals surface area contributed by atoms with E-state index in [-0.39, 0.29) is 10.7 Å². The first-order valence-corrected chi connectivity index (χ1v) is 6.72. The van der Waals surface area contributed by atoms with Crippen LogP contribution in [0.3, 0.4) is 0 Å². The van der Waals surface area contributed by atoms with Crippen LogP contribution in [0.5, 0.6) is 0 Å². The highest BCUT2D eigenvalue weighted by Gasteiger charge is 2.10. The Bertz CT molecular complexity index is 645. The SMILES string of the molecule is CCc1nc(Cl)cc(=O)n1Cc1cc(C)nn1CC. The fraction of sp³-hybridized carbons (Fsp3) is 0.462. The molecular weight excluding hydrogens is 264 g/mol. The van der Waals surface area contributed by atoms with Gasteiger partial charge in [0.15, 0.2) is 0 Å². The summed E-state index contributed by atoms with van der Waals surface area (Å²) in [6.07, 6.45) is 0.662. The molecule has 0 N–H and O–H groups in total. The summed E-state index contributed by atoms with van der Waals surface area (Å²) >= 11 is 5.82. The molecule has 2 heterocycles. The van der Waals surface area contributed by atoms with Crippen molar-refractivity contribution in [3.05, 3.63) is 44.9 Å². The Morgan fingerprint density at radius 3 is 2.68 bits per heavy atom. The highest BCUT2D eigenvalue weighted by atomic mass is 35.5. The van der Waals surface area contributed by atoms with Crippen molar-refractivity contribution in [3.63, 3.8) is 0 Å². The van der Waals surface area contributed by atoms with Crippen molar-refractivity contribution < 1.29 is 0 Å². The Balaban J connectivity index is 2.45. The van der Waals surface area contributed by atoms with E-state index in [1.54, 1.807) is 4.57 Å². The fourth-order valence-corrected chi connectivity index (χ4v) is 2.32. The van der Waals surface area contributed by atoms with Gasteiger partial charge in [0, 0.05) is 19.0 Å². The molecule has 0 fully saturated rings. The van der Waals surface area contributed by atoms with Crippen LogP contribution in [0.1, 0.15) is 31.1 Å². The second-order valence-corrected chi connectivity index (χ2v) is 4.75. The lowest BCUT2D eigenvalue weighted by Gasteiger charge is -2.11. The molecule has 0 atom stereocenters. The monoisotopic (exact) mass is 280 g/mol. The second-order valence-electron chi connectivity index (χ2n) is 4.37. The van der Waals surface area contributed by atoms with Crippen molar-refractivity contribution in [2.75, 3.05) is 0 Å². The van der Waals surface area contributed by atoms with Crippen LogP contribution in [0.4, 0.5) is 0 Å². The zero-order valence-electron chi connectivity index (χ0n) is 11.4. The van der Waals surface area contributed by atoms with Crippen LogP contribution in [0.15, 0.2) is 16.9 Å². The molecular formula is C13H17ClN4O. The quantitative estimate of drug-likeness (QED) is 0.805. The molecule has 6 heteroatoms. The molecule has 0 bridgehead atoms. The van der Waals surface area contributed by atoms with Crippen LogP contribution in [-0.4, -0.2) is 19.3 Å². The molecule has 0 radical (unpaired) electrons. The molecule has 5 nitrogen and oxygen atoms in total. The predicted octanol–water partition coefficient (Wildman–Crippen LogP) is 2.03. The summed E-state index contributed by atoms with van der Waals surface area (Å²) < 4.78 is 3.55. The summed E-state index contributed by atoms with van der Waals surface area (Å²) in [5.41, 5.74) is 1.82. The van der Waals surface area contributed by atoms with Gasteiger partial charge in [-0.15, -0.1) is 0 Å². The van der Waals surface area contributed by atoms with Gasteiger partial charge in [0.05, 0.1) is 17.9 Å². The number of nitrogens with zero attached hydrogens (tertiary/aromatic N) is 4. The lowest BCUT2D eigenvalue weighted by Crippen LogP contribution is -2.26. The van der Waals surface area contributed by atoms with Gasteiger partial charge < -0.3 is 0 Å². The van der Waals surface area contributed by atoms with Gasteiger partial charge in [-0.25, -0.2) is 4.98 Å². The van der Waals surface area contributed by atoms with Gasteiger partial charge in [-0.05, 0) is 19.9 Å². The number of hydrogen-bond donors (Lipinski definition) is 0. The summed E-state index contributed by atoms with van der Waals surface area (Å²) in [5.74, 6) is 0.694. The standard InChI is InChI=1S/C13H17ClN4O/c1-4-12-15-11(14)7-13(19)17(12)8-10-6-9(3)16-18(10)5-2/h6-7H,4-5,8H2,1-3H3. The average Bonchev–Trinajstić information content (AvgIpc) is 2.72. The van der Waals surface area contributed by atoms with Crippen molar-refractivity contribution >= 4 is 11.6 Å². The van der Waals surface area contributed by atoms with Gasteiger partial charge in [-0.1, -0.05) is 18.5 Å². The van der Waals surface area contributed by atoms with Gasteiger partial charge in [-0.3, -0.25) is 14.0 Å². The van der Waals surface area contributed by atoms with Gasteiger partial charge >= 0.3 is 0 Å². The summed E-state index contributed by atoms with van der Waals surface area (Å²) in [6.45, 7) is 7.18. The van der Waals surface area contributed by atoms with Gasteiger partial charge in [-0.2, -0.15) is 5.10 Å². The van der Waals surface area contributed by atoms with E-state index in [1.165, 1.54) is 6.07 Å². The molecule has 0 saturated carbocycles. The lowest BCUT2D eigenvalue weighted by atomic mass is 10.3. The Hall–Kier alpha value is -1.62. The Morgan fingerprint density at radius 2 is 2.05 bits per heavy atom. The summed E-state index contributed by atoms with van der Waals surface area (Å²) in [6, 6.07) is 3.34. The molecule has 2 aromatic heterocycles. The molecule has 0 unspecified atom stereocenters. The van der Waals surface area contributed by atoms with Crippen molar-refractivity contribution in [2.45, 2.75) is 40.3 Å². The molecule has 2 aromatic rings. The average molecular weight is 281 g/mol. The zero-order chi connectivity index (χ0) is 14.0. The summed E-state index contributed by atoms with van der Waals surface area (Å²) in [4.78, 5) is 16.2. The molecule has 0 amide bonds. The zero-order valence-corrected chi connectivity index (χ0v) is 12.1. The molecule has 19 heavy (non-hydrogen) atoms. The van der Waals surface area contributed by atoms with Gasteiger partial charge in [0.1, 0.15) is 11.0 Å². The third-order valence-corrected chi connectivity index (χ3v) is 3.17. The molecule has 0 spiro atoms. The molecule has 0 saturated heterocycles. The minimum Gasteiger partial charge on any atom is -0.291 e. The van der Waals surface area contributed by atoms with E-state index in [0.29, 0.717) is 18.8 Å². The van der Waals surface area contributed by atoms with Crippen LogP contribution in [0.25, 0.3) is 0 Å². The van der Waals surface area contributed by atoms with E-state index < -0.39 is 0 Å². The number of rotatable bonds is 4. The smallest absolute Gasteiger partial charge is 0.255 e. The lowest BCUT2D eigenvalue weighted by molar-refractivity contribution is 0.576. The van der Waals surface area contributed by atoms with Crippen LogP contribution in [0.2, 0.25) is 5.15 Å². The third-order valence-electron chi connectivity index (χ3n) is 2.98. The summed E-state index contributed by atoms with van der Waals surface area (Å²) in [7, 11) is 0. The molecule has 0 aliphatic heterocycles. The molecule has 0 aromatic carbocycles. The van der Waals surface area contributed by atoms with Gasteiger partial charge in [0.2, 0.25) is 0 Å². The van der Waals surface area contributed by atoms with Gasteiger partial charge in [0.25, 0.3) is 5.56 Å². The van der Waals surface area contributed by atoms with E-state index in [4.69, 9.17) is 11.6 Å². The first-order chi connectivity index (χ1) is 9.05. The van der Waals surface area contributed by atoms with E-state index in [9.17, 15) is 4.79 Å². The number of halogens is 1. The first-order valence-electron chi connectivity index (χ1n) is 6.34. The van der Waals surface area contributed by atoms with Crippen molar-refractivity contribution in [1.29, 1.82) is 0 Å². The van der Waals surface area contributed by atoms with Crippen LogP contribution in [-0.2, 0) is 19.5 Å². The van der Waals surface area contributed by atoms with E-state index in [1.807, 2.05) is 31.5 Å². The highest BCUT2D eigenvalue weighted by Crippen LogP contribution is 2.09. The molecule has 2 rings (SSSR count). The summed E-state index contributed by atoms with van der Waals surface area (Å²) in [5, 5.41) is 4.63. The number of aryl methyl sites for hydroxylation is 3. The maximum absolute atomic E-state index is 12.0. The second kappa shape index (κ2) is 5.57. The molecule has 0 aliphatic carbocycles. The van der Waals surface area contributed by atoms with E-state index >= 15 is 0 Å². The van der Waals surface area contributed by atoms with Crippen LogP contribution < -0.4 is 5.56 Å². The molecule has 0 aliphatic rings. The van der Waals surface area contributed by atoms with Crippen molar-refractivity contribution in [1.82, 2.24) is 19.3 Å². The van der Waals surface area contributed by atoms with E-state index in [2.05, 4.69) is 10.1 Å². The van der Waals surface area contributed by atoms with E-state index in [0.717, 1.165) is 17.9 Å². The Kier molecular flexibility index (Phi) is 4.04. The number of hydrogen-bond acceptors (Lipinski definition) is 3. The highest BCUT2D eigenvalue weighted by molar-refractivity contribution is 6.29. The fourth-order valence-electron chi connectivity index (χ4n) is 2.12. The van der Waals surface area contributed by atoms with Crippen LogP contribution in [0, 0.1) is 6.92 Å². The topological polar surface area (TPSA) is 52.7 Å². The van der Waals surface area contributed by atoms with Crippen molar-refractivity contribution in [3.8, 4) is 0 Å². The minimum absolute atomic E-state index is 0.127. The maximum atomic E-state index is 12.0. The Labute approximate surface area is 116 Å². The molecule has 102 valence electrons. The Morgan fingerprint density at radius 1 is 1.32 bits per heavy atom. The first kappa shape index (κ1) is 13.8. The largest absolute Gasteiger partial charge is 0.291 e. The van der Waals surface area contributed by atoms with Crippen LogP contribution >= 0.6 is 11.6 Å². The minimum atomic E-state index is -0.127. The predicted molar refractivity (Wildman–Crippen MR) is 74.6 cm³/mol.